The van der Waals surface area contributed by atoms with Crippen LogP contribution in [0.4, 0.5) is 21.2 Å². The van der Waals surface area contributed by atoms with Crippen LogP contribution < -0.4 is 15.1 Å². The second-order valence-corrected chi connectivity index (χ2v) is 17.1. The molecule has 4 heterocycles. The molecule has 0 unspecified atom stereocenters. The summed E-state index contributed by atoms with van der Waals surface area (Å²) >= 11 is 0. The zero-order valence-corrected chi connectivity index (χ0v) is 27.3. The minimum absolute atomic E-state index is 0.0608. The van der Waals surface area contributed by atoms with Gasteiger partial charge in [0.1, 0.15) is 0 Å². The number of fused-ring (bicyclic) bond motifs is 2. The first-order valence-corrected chi connectivity index (χ1v) is 18.8. The van der Waals surface area contributed by atoms with E-state index in [1.54, 1.807) is 16.7 Å². The molecule has 6 rings (SSSR count). The van der Waals surface area contributed by atoms with E-state index in [0.29, 0.717) is 43.0 Å². The van der Waals surface area contributed by atoms with Gasteiger partial charge in [-0.1, -0.05) is 19.1 Å². The van der Waals surface area contributed by atoms with Crippen molar-refractivity contribution in [3.63, 3.8) is 0 Å². The van der Waals surface area contributed by atoms with Crippen molar-refractivity contribution >= 4 is 43.2 Å². The van der Waals surface area contributed by atoms with Crippen LogP contribution in [0.2, 0.25) is 18.6 Å². The minimum atomic E-state index is -3.58. The maximum atomic E-state index is 16.2. The van der Waals surface area contributed by atoms with Gasteiger partial charge < -0.3 is 34.0 Å². The van der Waals surface area contributed by atoms with Gasteiger partial charge in [0.05, 0.1) is 48.9 Å². The first kappa shape index (κ1) is 32.2. The molecule has 0 aromatic heterocycles. The van der Waals surface area contributed by atoms with Crippen molar-refractivity contribution in [2.75, 3.05) is 42.6 Å². The van der Waals surface area contributed by atoms with E-state index in [2.05, 4.69) is 5.32 Å². The van der Waals surface area contributed by atoms with Crippen molar-refractivity contribution in [2.45, 2.75) is 69.1 Å². The third kappa shape index (κ3) is 5.40. The lowest BCUT2D eigenvalue weighted by molar-refractivity contribution is -0.385. The molecule has 3 fully saturated rings. The number of aliphatic hydroxyl groups excluding tert-OH is 1. The van der Waals surface area contributed by atoms with E-state index >= 15 is 4.11 Å². The summed E-state index contributed by atoms with van der Waals surface area (Å²) in [5.74, 6) is -1.52. The highest BCUT2D eigenvalue weighted by molar-refractivity contribution is 6.72. The molecule has 0 radical (unpaired) electrons. The number of nitrogens with one attached hydrogen (secondary N) is 1. The second kappa shape index (κ2) is 12.1. The Hall–Kier alpha value is -3.72. The molecule has 0 aliphatic carbocycles. The molecule has 46 heavy (non-hydrogen) atoms. The standard InChI is InChI=1S/C32H40FN5O7Si/c1-20-30(46(2,3)33)27(16-28(40)35-12-5-8-24(35)19-39)45-32(20)25-15-23(38(43)44)9-10-26(25)37(31(32)42)18-21-6-4-7-22(14-21)36-13-11-34-17-29(36)41/h4,6-7,9-10,14-15,20,24,27,30,34,39H,5,8,11-13,16-19H2,1-3H3/t20-,24+,27+,30-,32+/m1/s1. The normalized spacial score (nSPS) is 28.0. The number of rotatable bonds is 8. The molecule has 246 valence electrons. The van der Waals surface area contributed by atoms with Crippen molar-refractivity contribution in [3.8, 4) is 0 Å². The molecule has 14 heteroatoms. The van der Waals surface area contributed by atoms with Crippen molar-refractivity contribution < 1.29 is 33.3 Å². The molecular formula is C32H40FN5O7Si. The molecule has 2 aromatic carbocycles. The van der Waals surface area contributed by atoms with E-state index < -0.39 is 42.4 Å². The number of non-ortho nitro benzene ring substituents is 1. The Balaban J connectivity index is 1.38. The van der Waals surface area contributed by atoms with Crippen LogP contribution in [-0.2, 0) is 31.3 Å². The number of carbonyl (C=O) groups excluding carboxylic acids is 3. The van der Waals surface area contributed by atoms with Gasteiger partial charge in [0.15, 0.2) is 5.60 Å². The number of nitro groups is 1. The summed E-state index contributed by atoms with van der Waals surface area (Å²) < 4.78 is 22.9. The minimum Gasteiger partial charge on any atom is -0.394 e. The van der Waals surface area contributed by atoms with Crippen molar-refractivity contribution in [1.29, 1.82) is 0 Å². The van der Waals surface area contributed by atoms with Gasteiger partial charge in [-0.05, 0) is 49.7 Å². The van der Waals surface area contributed by atoms with Gasteiger partial charge in [-0.15, -0.1) is 0 Å². The molecule has 0 bridgehead atoms. The Bertz CT molecular complexity index is 1570. The van der Waals surface area contributed by atoms with Gasteiger partial charge in [-0.2, -0.15) is 0 Å². The van der Waals surface area contributed by atoms with E-state index in [1.165, 1.54) is 36.2 Å². The zero-order valence-electron chi connectivity index (χ0n) is 26.3. The summed E-state index contributed by atoms with van der Waals surface area (Å²) in [4.78, 5) is 57.0. The quantitative estimate of drug-likeness (QED) is 0.191. The maximum Gasteiger partial charge on any atom is 0.269 e. The van der Waals surface area contributed by atoms with Gasteiger partial charge >= 0.3 is 0 Å². The molecule has 4 aliphatic rings. The number of anilines is 2. The van der Waals surface area contributed by atoms with Gasteiger partial charge in [0, 0.05) is 54.5 Å². The first-order valence-electron chi connectivity index (χ1n) is 15.8. The maximum absolute atomic E-state index is 16.2. The Morgan fingerprint density at radius 2 is 2.00 bits per heavy atom. The number of hydrogen-bond donors (Lipinski definition) is 2. The van der Waals surface area contributed by atoms with Crippen LogP contribution in [0.3, 0.4) is 0 Å². The number of nitrogens with zero attached hydrogens (tertiary/aromatic N) is 4. The van der Waals surface area contributed by atoms with Crippen LogP contribution in [0.25, 0.3) is 0 Å². The first-order chi connectivity index (χ1) is 21.9. The number of piperazine rings is 1. The summed E-state index contributed by atoms with van der Waals surface area (Å²) in [6.07, 6.45) is 0.331. The van der Waals surface area contributed by atoms with Crippen LogP contribution >= 0.6 is 0 Å². The van der Waals surface area contributed by atoms with Crippen molar-refractivity contribution in [1.82, 2.24) is 10.2 Å². The van der Waals surface area contributed by atoms with E-state index in [-0.39, 0.29) is 49.7 Å². The molecule has 2 N–H and O–H groups in total. The summed E-state index contributed by atoms with van der Waals surface area (Å²) in [5.41, 5.74) is -0.567. The summed E-state index contributed by atoms with van der Waals surface area (Å²) in [6.45, 7) is 6.62. The van der Waals surface area contributed by atoms with Gasteiger partial charge in [0.2, 0.25) is 20.2 Å². The number of aliphatic hydroxyl groups is 1. The lowest BCUT2D eigenvalue weighted by atomic mass is 9.82. The molecule has 0 saturated carbocycles. The molecule has 5 atom stereocenters. The fraction of sp³-hybridized carbons (Fsp3) is 0.531. The molecule has 12 nitrogen and oxygen atoms in total. The molecule has 4 aliphatic heterocycles. The van der Waals surface area contributed by atoms with E-state index in [1.807, 2.05) is 24.3 Å². The second-order valence-electron chi connectivity index (χ2n) is 13.3. The molecule has 3 saturated heterocycles. The van der Waals surface area contributed by atoms with E-state index in [0.717, 1.165) is 12.0 Å². The summed E-state index contributed by atoms with van der Waals surface area (Å²) in [7, 11) is -3.58. The number of carbonyl (C=O) groups is 3. The number of benzene rings is 2. The summed E-state index contributed by atoms with van der Waals surface area (Å²) in [6, 6.07) is 11.2. The number of amides is 3. The molecular weight excluding hydrogens is 613 g/mol. The lowest BCUT2D eigenvalue weighted by Crippen LogP contribution is -2.48. The van der Waals surface area contributed by atoms with Crippen LogP contribution in [0.15, 0.2) is 42.5 Å². The Labute approximate surface area is 267 Å². The number of halogens is 1. The highest BCUT2D eigenvalue weighted by atomic mass is 28.4. The Morgan fingerprint density at radius 1 is 1.22 bits per heavy atom. The lowest BCUT2D eigenvalue weighted by Gasteiger charge is -2.31. The fourth-order valence-corrected chi connectivity index (χ4v) is 10.5. The average Bonchev–Trinajstić information content (AvgIpc) is 3.68. The van der Waals surface area contributed by atoms with Crippen LogP contribution in [0.1, 0.15) is 37.3 Å². The number of hydrogen-bond acceptors (Lipinski definition) is 8. The SMILES string of the molecule is C[C@@H]1[C@@H]([Si](C)(C)F)[C@H](CC(=O)N2CCC[C@H]2CO)O[C@@]12C(=O)N(Cc1cccc(N3CCNCC3=O)c1)c1ccc([N+](=O)[O-])cc12. The molecule has 1 spiro atoms. The Kier molecular flexibility index (Phi) is 8.50. The monoisotopic (exact) mass is 653 g/mol. The predicted molar refractivity (Wildman–Crippen MR) is 170 cm³/mol. The van der Waals surface area contributed by atoms with Crippen molar-refractivity contribution in [2.24, 2.45) is 5.92 Å². The van der Waals surface area contributed by atoms with Crippen LogP contribution in [0.5, 0.6) is 0 Å². The zero-order chi connectivity index (χ0) is 33.0. The Morgan fingerprint density at radius 3 is 2.70 bits per heavy atom. The largest absolute Gasteiger partial charge is 0.394 e. The van der Waals surface area contributed by atoms with Gasteiger partial charge in [-0.25, -0.2) is 0 Å². The third-order valence-electron chi connectivity index (χ3n) is 10.1. The highest BCUT2D eigenvalue weighted by Gasteiger charge is 2.67. The average molecular weight is 654 g/mol. The highest BCUT2D eigenvalue weighted by Crippen LogP contribution is 2.60. The van der Waals surface area contributed by atoms with Crippen LogP contribution in [-0.4, -0.2) is 86.0 Å². The van der Waals surface area contributed by atoms with Gasteiger partial charge in [0.25, 0.3) is 11.6 Å². The van der Waals surface area contributed by atoms with E-state index in [4.69, 9.17) is 4.74 Å². The van der Waals surface area contributed by atoms with Crippen molar-refractivity contribution in [3.05, 3.63) is 63.7 Å². The number of ether oxygens (including phenoxy) is 1. The third-order valence-corrected chi connectivity index (χ3v) is 12.5. The predicted octanol–water partition coefficient (Wildman–Crippen LogP) is 3.23. The topological polar surface area (TPSA) is 146 Å². The summed E-state index contributed by atoms with van der Waals surface area (Å²) in [5, 5.41) is 24.8. The van der Waals surface area contributed by atoms with Crippen LogP contribution in [0, 0.1) is 16.0 Å². The number of nitro benzene ring substituents is 1. The number of likely N-dealkylation sites (tertiary alicyclic amines) is 1. The van der Waals surface area contributed by atoms with Gasteiger partial charge in [-0.3, -0.25) is 24.5 Å². The smallest absolute Gasteiger partial charge is 0.269 e. The van der Waals surface area contributed by atoms with E-state index in [9.17, 15) is 29.6 Å². The molecule has 2 aromatic rings. The fourth-order valence-electron chi connectivity index (χ4n) is 8.03. The molecule has 3 amide bonds.